The molecule has 0 aromatic heterocycles. The maximum Gasteiger partial charge on any atom is 0.104 e. The molecule has 1 atom stereocenters. The lowest BCUT2D eigenvalue weighted by atomic mass is 9.95. The van der Waals surface area contributed by atoms with Gasteiger partial charge in [0.2, 0.25) is 0 Å². The zero-order valence-corrected chi connectivity index (χ0v) is 13.2. The van der Waals surface area contributed by atoms with Crippen molar-refractivity contribution in [3.63, 3.8) is 0 Å². The summed E-state index contributed by atoms with van der Waals surface area (Å²) in [6.07, 6.45) is 8.83. The molecule has 0 radical (unpaired) electrons. The molecule has 19 heavy (non-hydrogen) atoms. The van der Waals surface area contributed by atoms with Gasteiger partial charge in [0.05, 0.1) is 6.07 Å². The highest BCUT2D eigenvalue weighted by Crippen LogP contribution is 2.23. The molecule has 1 aliphatic carbocycles. The molecular weight excluding hydrogens is 234 g/mol. The molecule has 3 nitrogen and oxygen atoms in total. The van der Waals surface area contributed by atoms with Crippen molar-refractivity contribution in [2.24, 2.45) is 0 Å². The third-order valence-corrected chi connectivity index (χ3v) is 4.24. The maximum atomic E-state index is 9.29. The number of unbranched alkanes of at least 4 members (excludes halogenated alkanes) is 1. The monoisotopic (exact) mass is 265 g/mol. The van der Waals surface area contributed by atoms with Crippen LogP contribution in [0.1, 0.15) is 65.7 Å². The highest BCUT2D eigenvalue weighted by Gasteiger charge is 2.24. The minimum absolute atomic E-state index is 0.361. The number of hydrogen-bond donors (Lipinski definition) is 1. The molecule has 3 heteroatoms. The van der Waals surface area contributed by atoms with Crippen LogP contribution in [0.2, 0.25) is 0 Å². The smallest absolute Gasteiger partial charge is 0.104 e. The van der Waals surface area contributed by atoms with Crippen molar-refractivity contribution >= 4 is 0 Å². The molecule has 1 unspecified atom stereocenters. The van der Waals surface area contributed by atoms with E-state index in [4.69, 9.17) is 0 Å². The van der Waals surface area contributed by atoms with Crippen molar-refractivity contribution in [3.05, 3.63) is 0 Å². The first-order valence-electron chi connectivity index (χ1n) is 7.86. The summed E-state index contributed by atoms with van der Waals surface area (Å²) in [6, 6.07) is 3.61. The Morgan fingerprint density at radius 3 is 2.47 bits per heavy atom. The second kappa shape index (κ2) is 7.87. The van der Waals surface area contributed by atoms with Crippen molar-refractivity contribution in [2.75, 3.05) is 13.6 Å². The van der Waals surface area contributed by atoms with Crippen molar-refractivity contribution in [3.8, 4) is 6.07 Å². The lowest BCUT2D eigenvalue weighted by Crippen LogP contribution is -2.45. The van der Waals surface area contributed by atoms with Gasteiger partial charge in [-0.1, -0.05) is 12.8 Å². The van der Waals surface area contributed by atoms with Crippen molar-refractivity contribution in [1.29, 1.82) is 5.26 Å². The van der Waals surface area contributed by atoms with Crippen LogP contribution >= 0.6 is 0 Å². The standard InChI is InChI=1S/C16H31N3/c1-14(2)18-16(3,13-17)11-7-8-12-19(4)15-9-5-6-10-15/h14-15,18H,5-12H2,1-4H3. The van der Waals surface area contributed by atoms with E-state index in [9.17, 15) is 5.26 Å². The summed E-state index contributed by atoms with van der Waals surface area (Å²) in [4.78, 5) is 2.52. The number of nitriles is 1. The molecule has 1 aliphatic rings. The lowest BCUT2D eigenvalue weighted by Gasteiger charge is -2.27. The van der Waals surface area contributed by atoms with Crippen LogP contribution < -0.4 is 5.32 Å². The van der Waals surface area contributed by atoms with Crippen molar-refractivity contribution < 1.29 is 0 Å². The van der Waals surface area contributed by atoms with Gasteiger partial charge in [-0.2, -0.15) is 5.26 Å². The Labute approximate surface area is 119 Å². The summed E-state index contributed by atoms with van der Waals surface area (Å²) in [5.41, 5.74) is -0.361. The largest absolute Gasteiger partial charge is 0.303 e. The van der Waals surface area contributed by atoms with E-state index in [0.29, 0.717) is 6.04 Å². The normalized spacial score (nSPS) is 19.8. The van der Waals surface area contributed by atoms with Crippen LogP contribution in [0.3, 0.4) is 0 Å². The minimum Gasteiger partial charge on any atom is -0.303 e. The first-order valence-corrected chi connectivity index (χ1v) is 7.86. The van der Waals surface area contributed by atoms with Crippen LogP contribution in [0, 0.1) is 11.3 Å². The number of nitrogens with one attached hydrogen (secondary N) is 1. The first-order chi connectivity index (χ1) is 8.97. The van der Waals surface area contributed by atoms with Crippen LogP contribution in [0.25, 0.3) is 0 Å². The van der Waals surface area contributed by atoms with Crippen LogP contribution in [0.15, 0.2) is 0 Å². The summed E-state index contributed by atoms with van der Waals surface area (Å²) in [7, 11) is 2.26. The van der Waals surface area contributed by atoms with Gasteiger partial charge in [-0.3, -0.25) is 5.32 Å². The Balaban J connectivity index is 2.20. The van der Waals surface area contributed by atoms with Crippen LogP contribution in [0.5, 0.6) is 0 Å². The fourth-order valence-electron chi connectivity index (χ4n) is 3.16. The van der Waals surface area contributed by atoms with Gasteiger partial charge in [0.15, 0.2) is 0 Å². The van der Waals surface area contributed by atoms with Crippen LogP contribution in [-0.2, 0) is 0 Å². The van der Waals surface area contributed by atoms with E-state index in [1.165, 1.54) is 38.6 Å². The van der Waals surface area contributed by atoms with E-state index in [2.05, 4.69) is 37.2 Å². The molecule has 1 N–H and O–H groups in total. The van der Waals surface area contributed by atoms with E-state index < -0.39 is 0 Å². The number of rotatable bonds is 8. The second-order valence-electron chi connectivity index (χ2n) is 6.62. The molecule has 0 spiro atoms. The molecule has 0 aliphatic heterocycles. The van der Waals surface area contributed by atoms with E-state index in [0.717, 1.165) is 18.9 Å². The quantitative estimate of drug-likeness (QED) is 0.684. The van der Waals surface area contributed by atoms with Crippen molar-refractivity contribution in [1.82, 2.24) is 10.2 Å². The van der Waals surface area contributed by atoms with Gasteiger partial charge >= 0.3 is 0 Å². The maximum absolute atomic E-state index is 9.29. The molecule has 0 saturated heterocycles. The molecule has 110 valence electrons. The average molecular weight is 265 g/mol. The number of hydrogen-bond acceptors (Lipinski definition) is 3. The zero-order chi connectivity index (χ0) is 14.3. The summed E-state index contributed by atoms with van der Waals surface area (Å²) in [5, 5.41) is 12.7. The van der Waals surface area contributed by atoms with Gasteiger partial charge in [0, 0.05) is 12.1 Å². The minimum atomic E-state index is -0.361. The molecule has 0 amide bonds. The third-order valence-electron chi connectivity index (χ3n) is 4.24. The Kier molecular flexibility index (Phi) is 6.82. The number of nitrogens with zero attached hydrogens (tertiary/aromatic N) is 2. The topological polar surface area (TPSA) is 39.1 Å². The summed E-state index contributed by atoms with van der Waals surface area (Å²) in [6.45, 7) is 7.40. The summed E-state index contributed by atoms with van der Waals surface area (Å²) >= 11 is 0. The van der Waals surface area contributed by atoms with E-state index in [1.54, 1.807) is 0 Å². The van der Waals surface area contributed by atoms with Gasteiger partial charge in [0.1, 0.15) is 5.54 Å². The highest BCUT2D eigenvalue weighted by atomic mass is 15.1. The van der Waals surface area contributed by atoms with Gasteiger partial charge in [-0.15, -0.1) is 0 Å². The predicted octanol–water partition coefficient (Wildman–Crippen LogP) is 3.31. The average Bonchev–Trinajstić information content (AvgIpc) is 2.87. The molecule has 0 aromatic carbocycles. The van der Waals surface area contributed by atoms with E-state index in [1.807, 2.05) is 6.92 Å². The Hall–Kier alpha value is -0.590. The zero-order valence-electron chi connectivity index (χ0n) is 13.2. The van der Waals surface area contributed by atoms with Gasteiger partial charge in [-0.25, -0.2) is 0 Å². The lowest BCUT2D eigenvalue weighted by molar-refractivity contribution is 0.236. The van der Waals surface area contributed by atoms with Crippen LogP contribution in [0.4, 0.5) is 0 Å². The fourth-order valence-corrected chi connectivity index (χ4v) is 3.16. The molecule has 1 fully saturated rings. The van der Waals surface area contributed by atoms with Crippen molar-refractivity contribution in [2.45, 2.75) is 83.3 Å². The van der Waals surface area contributed by atoms with E-state index in [-0.39, 0.29) is 5.54 Å². The highest BCUT2D eigenvalue weighted by molar-refractivity contribution is 5.04. The van der Waals surface area contributed by atoms with Gasteiger partial charge < -0.3 is 4.90 Å². The molecule has 1 rings (SSSR count). The predicted molar refractivity (Wildman–Crippen MR) is 81.0 cm³/mol. The molecule has 0 bridgehead atoms. The van der Waals surface area contributed by atoms with Gasteiger partial charge in [0.25, 0.3) is 0 Å². The third kappa shape index (κ3) is 5.93. The Morgan fingerprint density at radius 2 is 1.95 bits per heavy atom. The molecule has 0 heterocycles. The van der Waals surface area contributed by atoms with Gasteiger partial charge in [-0.05, 0) is 66.5 Å². The summed E-state index contributed by atoms with van der Waals surface area (Å²) in [5.74, 6) is 0. The molecule has 1 saturated carbocycles. The summed E-state index contributed by atoms with van der Waals surface area (Å²) < 4.78 is 0. The fraction of sp³-hybridized carbons (Fsp3) is 0.938. The SMILES string of the molecule is CC(C)NC(C)(C#N)CCCCN(C)C1CCCC1. The Bertz CT molecular complexity index is 289. The first kappa shape index (κ1) is 16.5. The Morgan fingerprint density at radius 1 is 1.32 bits per heavy atom. The molecular formula is C16H31N3. The molecule has 0 aromatic rings. The van der Waals surface area contributed by atoms with Crippen LogP contribution in [-0.4, -0.2) is 36.1 Å². The second-order valence-corrected chi connectivity index (χ2v) is 6.62. The van der Waals surface area contributed by atoms with E-state index >= 15 is 0 Å².